The summed E-state index contributed by atoms with van der Waals surface area (Å²) in [6.07, 6.45) is -3.13. The lowest BCUT2D eigenvalue weighted by Gasteiger charge is -2.07. The van der Waals surface area contributed by atoms with Gasteiger partial charge in [0.05, 0.1) is 16.6 Å². The SMILES string of the molecule is Nc1nn2ccc(C(F)(F)F)cc2c1-c1ccc(P)cc1. The number of hydrogen-bond acceptors (Lipinski definition) is 2. The quantitative estimate of drug-likeness (QED) is 0.702. The molecule has 0 bridgehead atoms. The molecule has 0 saturated heterocycles. The molecule has 1 aromatic carbocycles. The number of nitrogens with two attached hydrogens (primary N) is 1. The molecule has 3 aromatic rings. The Morgan fingerprint density at radius 1 is 1.10 bits per heavy atom. The van der Waals surface area contributed by atoms with Gasteiger partial charge in [0.1, 0.15) is 0 Å². The molecule has 3 rings (SSSR count). The molecule has 0 aliphatic heterocycles. The topological polar surface area (TPSA) is 43.3 Å². The van der Waals surface area contributed by atoms with E-state index in [0.29, 0.717) is 11.1 Å². The van der Waals surface area contributed by atoms with E-state index in [9.17, 15) is 13.2 Å². The van der Waals surface area contributed by atoms with Crippen molar-refractivity contribution in [2.75, 3.05) is 5.73 Å². The van der Waals surface area contributed by atoms with E-state index in [2.05, 4.69) is 14.3 Å². The van der Waals surface area contributed by atoms with Crippen LogP contribution in [0.5, 0.6) is 0 Å². The third kappa shape index (κ3) is 2.47. The Bertz CT molecular complexity index is 807. The van der Waals surface area contributed by atoms with Crippen LogP contribution in [-0.4, -0.2) is 9.61 Å². The van der Waals surface area contributed by atoms with Gasteiger partial charge in [0.25, 0.3) is 0 Å². The van der Waals surface area contributed by atoms with Crippen molar-refractivity contribution in [2.45, 2.75) is 6.18 Å². The maximum atomic E-state index is 12.8. The molecule has 7 heteroatoms. The van der Waals surface area contributed by atoms with Gasteiger partial charge >= 0.3 is 6.18 Å². The Balaban J connectivity index is 2.26. The first-order valence-electron chi connectivity index (χ1n) is 6.07. The number of nitrogens with zero attached hydrogens (tertiary/aromatic N) is 2. The number of rotatable bonds is 1. The Labute approximate surface area is 120 Å². The van der Waals surface area contributed by atoms with Crippen molar-refractivity contribution in [1.82, 2.24) is 9.61 Å². The van der Waals surface area contributed by atoms with Crippen LogP contribution in [0.15, 0.2) is 42.6 Å². The minimum atomic E-state index is -4.40. The fraction of sp³-hybridized carbons (Fsp3) is 0.0714. The Hall–Kier alpha value is -2.07. The van der Waals surface area contributed by atoms with Gasteiger partial charge in [-0.3, -0.25) is 0 Å². The predicted molar refractivity (Wildman–Crippen MR) is 79.4 cm³/mol. The molecule has 3 nitrogen and oxygen atoms in total. The van der Waals surface area contributed by atoms with Crippen molar-refractivity contribution in [2.24, 2.45) is 0 Å². The van der Waals surface area contributed by atoms with E-state index in [1.165, 1.54) is 10.7 Å². The smallest absolute Gasteiger partial charge is 0.382 e. The second-order valence-corrected chi connectivity index (χ2v) is 5.29. The number of aromatic nitrogens is 2. The maximum Gasteiger partial charge on any atom is 0.416 e. The highest BCUT2D eigenvalue weighted by molar-refractivity contribution is 7.27. The number of anilines is 1. The lowest BCUT2D eigenvalue weighted by Crippen LogP contribution is -2.05. The third-order valence-corrected chi connectivity index (χ3v) is 3.57. The number of alkyl halides is 3. The molecule has 0 fully saturated rings. The molecule has 0 saturated carbocycles. The predicted octanol–water partition coefficient (Wildman–Crippen LogP) is 3.10. The fourth-order valence-electron chi connectivity index (χ4n) is 2.19. The molecule has 0 spiro atoms. The number of halogens is 3. The Morgan fingerprint density at radius 2 is 1.76 bits per heavy atom. The summed E-state index contributed by atoms with van der Waals surface area (Å²) in [5.74, 6) is 0.200. The van der Waals surface area contributed by atoms with E-state index in [-0.39, 0.29) is 5.82 Å². The minimum absolute atomic E-state index is 0.200. The molecule has 108 valence electrons. The minimum Gasteiger partial charge on any atom is -0.382 e. The normalized spacial score (nSPS) is 12.0. The summed E-state index contributed by atoms with van der Waals surface area (Å²) in [5, 5.41) is 5.03. The lowest BCUT2D eigenvalue weighted by molar-refractivity contribution is -0.137. The number of fused-ring (bicyclic) bond motifs is 1. The molecule has 0 radical (unpaired) electrons. The van der Waals surface area contributed by atoms with Crippen molar-refractivity contribution in [3.63, 3.8) is 0 Å². The van der Waals surface area contributed by atoms with Gasteiger partial charge in [-0.05, 0) is 23.0 Å². The van der Waals surface area contributed by atoms with Gasteiger partial charge < -0.3 is 5.73 Å². The lowest BCUT2D eigenvalue weighted by atomic mass is 10.1. The van der Waals surface area contributed by atoms with Crippen LogP contribution in [0.3, 0.4) is 0 Å². The largest absolute Gasteiger partial charge is 0.416 e. The standard InChI is InChI=1S/C14H11F3N3P/c15-14(16,17)9-5-6-20-11(7-9)12(13(18)19-20)8-1-3-10(21)4-2-8/h1-7H,21H2,(H2,18,19). The fourth-order valence-corrected chi connectivity index (χ4v) is 2.38. The Kier molecular flexibility index (Phi) is 3.14. The van der Waals surface area contributed by atoms with Gasteiger partial charge in [0.2, 0.25) is 0 Å². The monoisotopic (exact) mass is 309 g/mol. The van der Waals surface area contributed by atoms with Gasteiger partial charge in [0.15, 0.2) is 5.82 Å². The molecule has 0 amide bonds. The van der Waals surface area contributed by atoms with Crippen LogP contribution < -0.4 is 11.0 Å². The third-order valence-electron chi connectivity index (χ3n) is 3.19. The summed E-state index contributed by atoms with van der Waals surface area (Å²) in [6, 6.07) is 9.33. The molecule has 1 unspecified atom stereocenters. The number of hydrogen-bond donors (Lipinski definition) is 1. The van der Waals surface area contributed by atoms with Crippen molar-refractivity contribution < 1.29 is 13.2 Å². The van der Waals surface area contributed by atoms with E-state index < -0.39 is 11.7 Å². The number of nitrogen functional groups attached to an aromatic ring is 1. The molecule has 2 aromatic heterocycles. The molecule has 0 aliphatic carbocycles. The van der Waals surface area contributed by atoms with Crippen LogP contribution in [0.4, 0.5) is 19.0 Å². The molecular formula is C14H11F3N3P. The molecule has 2 N–H and O–H groups in total. The highest BCUT2D eigenvalue weighted by Crippen LogP contribution is 2.34. The van der Waals surface area contributed by atoms with E-state index >= 15 is 0 Å². The summed E-state index contributed by atoms with van der Waals surface area (Å²) < 4.78 is 39.9. The van der Waals surface area contributed by atoms with Crippen molar-refractivity contribution >= 4 is 25.9 Å². The highest BCUT2D eigenvalue weighted by atomic mass is 31.0. The molecule has 1 atom stereocenters. The van der Waals surface area contributed by atoms with Crippen molar-refractivity contribution in [1.29, 1.82) is 0 Å². The van der Waals surface area contributed by atoms with Gasteiger partial charge in [-0.1, -0.05) is 24.3 Å². The number of benzene rings is 1. The first kappa shape index (κ1) is 13.9. The van der Waals surface area contributed by atoms with E-state index in [0.717, 1.165) is 23.0 Å². The summed E-state index contributed by atoms with van der Waals surface area (Å²) in [5.41, 5.74) is 6.71. The highest BCUT2D eigenvalue weighted by Gasteiger charge is 2.31. The van der Waals surface area contributed by atoms with E-state index in [1.54, 1.807) is 12.1 Å². The van der Waals surface area contributed by atoms with Crippen LogP contribution in [0.25, 0.3) is 16.6 Å². The zero-order valence-electron chi connectivity index (χ0n) is 10.7. The molecule has 0 aliphatic rings. The summed E-state index contributed by atoms with van der Waals surface area (Å²) in [4.78, 5) is 0. The Morgan fingerprint density at radius 3 is 2.38 bits per heavy atom. The van der Waals surface area contributed by atoms with E-state index in [4.69, 9.17) is 5.73 Å². The van der Waals surface area contributed by atoms with Crippen LogP contribution in [-0.2, 0) is 6.18 Å². The van der Waals surface area contributed by atoms with Crippen LogP contribution >= 0.6 is 9.24 Å². The second-order valence-electron chi connectivity index (χ2n) is 4.63. The zero-order chi connectivity index (χ0) is 15.2. The zero-order valence-corrected chi connectivity index (χ0v) is 11.9. The summed E-state index contributed by atoms with van der Waals surface area (Å²) in [7, 11) is 2.55. The summed E-state index contributed by atoms with van der Waals surface area (Å²) >= 11 is 0. The van der Waals surface area contributed by atoms with Crippen molar-refractivity contribution in [3.05, 3.63) is 48.2 Å². The maximum absolute atomic E-state index is 12.8. The summed E-state index contributed by atoms with van der Waals surface area (Å²) in [6.45, 7) is 0. The molecular weight excluding hydrogens is 298 g/mol. The van der Waals surface area contributed by atoms with Crippen molar-refractivity contribution in [3.8, 4) is 11.1 Å². The average molecular weight is 309 g/mol. The van der Waals surface area contributed by atoms with E-state index in [1.807, 2.05) is 12.1 Å². The van der Waals surface area contributed by atoms with Gasteiger partial charge in [-0.15, -0.1) is 9.24 Å². The molecule has 2 heterocycles. The van der Waals surface area contributed by atoms with Gasteiger partial charge in [-0.2, -0.15) is 18.3 Å². The second kappa shape index (κ2) is 4.74. The molecule has 21 heavy (non-hydrogen) atoms. The van der Waals surface area contributed by atoms with Crippen LogP contribution in [0.2, 0.25) is 0 Å². The average Bonchev–Trinajstić information content (AvgIpc) is 2.74. The number of pyridine rings is 1. The first-order chi connectivity index (χ1) is 9.86. The van der Waals surface area contributed by atoms with Crippen LogP contribution in [0, 0.1) is 0 Å². The van der Waals surface area contributed by atoms with Gasteiger partial charge in [0, 0.05) is 6.20 Å². The first-order valence-corrected chi connectivity index (χ1v) is 6.65. The van der Waals surface area contributed by atoms with Crippen LogP contribution in [0.1, 0.15) is 5.56 Å². The van der Waals surface area contributed by atoms with Gasteiger partial charge in [-0.25, -0.2) is 4.52 Å².